The van der Waals surface area contributed by atoms with E-state index in [9.17, 15) is 14.4 Å². The van der Waals surface area contributed by atoms with Crippen LogP contribution in [0.4, 0.5) is 5.69 Å². The van der Waals surface area contributed by atoms with E-state index in [1.54, 1.807) is 48.5 Å². The van der Waals surface area contributed by atoms with E-state index in [-0.39, 0.29) is 12.5 Å². The van der Waals surface area contributed by atoms with Crippen LogP contribution in [0.3, 0.4) is 0 Å². The maximum atomic E-state index is 11.8. The number of anilines is 1. The van der Waals surface area contributed by atoms with Gasteiger partial charge in [-0.25, -0.2) is 4.79 Å². The van der Waals surface area contributed by atoms with Gasteiger partial charge in [0.15, 0.2) is 6.61 Å². The van der Waals surface area contributed by atoms with Crippen LogP contribution in [0.2, 0.25) is 0 Å². The summed E-state index contributed by atoms with van der Waals surface area (Å²) in [6.45, 7) is -0.193. The zero-order valence-electron chi connectivity index (χ0n) is 12.4. The van der Waals surface area contributed by atoms with E-state index < -0.39 is 5.97 Å². The first-order chi connectivity index (χ1) is 11.1. The number of nitrogens with one attached hydrogen (secondary N) is 1. The van der Waals surface area contributed by atoms with E-state index in [1.807, 2.05) is 0 Å². The van der Waals surface area contributed by atoms with Crippen molar-refractivity contribution in [2.24, 2.45) is 0 Å². The smallest absolute Gasteiger partial charge is 0.337 e. The van der Waals surface area contributed by atoms with Gasteiger partial charge in [0, 0.05) is 11.3 Å². The van der Waals surface area contributed by atoms with Crippen LogP contribution >= 0.6 is 0 Å². The maximum Gasteiger partial charge on any atom is 0.337 e. The average Bonchev–Trinajstić information content (AvgIpc) is 2.60. The molecule has 0 aromatic heterocycles. The summed E-state index contributed by atoms with van der Waals surface area (Å²) in [5, 5.41) is 2.64. The predicted octanol–water partition coefficient (Wildman–Crippen LogP) is 2.30. The molecule has 6 heteroatoms. The lowest BCUT2D eigenvalue weighted by molar-refractivity contribution is -0.118. The lowest BCUT2D eigenvalue weighted by atomic mass is 10.2. The molecule has 23 heavy (non-hydrogen) atoms. The van der Waals surface area contributed by atoms with Crippen LogP contribution in [-0.4, -0.2) is 31.9 Å². The Morgan fingerprint density at radius 2 is 1.87 bits per heavy atom. The highest BCUT2D eigenvalue weighted by Crippen LogP contribution is 2.13. The molecule has 0 spiro atoms. The van der Waals surface area contributed by atoms with Crippen molar-refractivity contribution < 1.29 is 23.9 Å². The molecule has 0 aliphatic heterocycles. The molecule has 0 fully saturated rings. The van der Waals surface area contributed by atoms with Gasteiger partial charge in [0.25, 0.3) is 5.91 Å². The number of rotatable bonds is 6. The summed E-state index contributed by atoms with van der Waals surface area (Å²) in [7, 11) is 1.30. The second kappa shape index (κ2) is 7.74. The number of esters is 1. The third-order valence-electron chi connectivity index (χ3n) is 2.95. The molecule has 0 saturated carbocycles. The quantitative estimate of drug-likeness (QED) is 0.653. The third-order valence-corrected chi connectivity index (χ3v) is 2.95. The highest BCUT2D eigenvalue weighted by molar-refractivity contribution is 5.93. The van der Waals surface area contributed by atoms with Gasteiger partial charge < -0.3 is 14.8 Å². The number of carbonyl (C=O) groups excluding carboxylic acids is 3. The summed E-state index contributed by atoms with van der Waals surface area (Å²) in [4.78, 5) is 33.8. The summed E-state index contributed by atoms with van der Waals surface area (Å²) < 4.78 is 9.91. The van der Waals surface area contributed by atoms with Gasteiger partial charge in [-0.15, -0.1) is 0 Å². The van der Waals surface area contributed by atoms with E-state index in [4.69, 9.17) is 4.74 Å². The number of methoxy groups -OCH3 is 1. The normalized spacial score (nSPS) is 9.78. The number of hydrogen-bond acceptors (Lipinski definition) is 5. The third kappa shape index (κ3) is 4.67. The molecule has 0 unspecified atom stereocenters. The van der Waals surface area contributed by atoms with Gasteiger partial charge in [-0.2, -0.15) is 0 Å². The van der Waals surface area contributed by atoms with Crippen LogP contribution in [-0.2, 0) is 9.53 Å². The molecule has 0 atom stereocenters. The highest BCUT2D eigenvalue weighted by Gasteiger charge is 2.07. The van der Waals surface area contributed by atoms with Crippen molar-refractivity contribution >= 4 is 23.9 Å². The Balaban J connectivity index is 1.89. The molecule has 0 aliphatic carbocycles. The zero-order valence-corrected chi connectivity index (χ0v) is 12.4. The van der Waals surface area contributed by atoms with Gasteiger partial charge in [0.05, 0.1) is 12.7 Å². The maximum absolute atomic E-state index is 11.8. The molecule has 0 bridgehead atoms. The summed E-state index contributed by atoms with van der Waals surface area (Å²) in [5.74, 6) is -0.362. The van der Waals surface area contributed by atoms with E-state index >= 15 is 0 Å². The summed E-state index contributed by atoms with van der Waals surface area (Å²) in [6, 6.07) is 12.8. The summed E-state index contributed by atoms with van der Waals surface area (Å²) in [6.07, 6.45) is 0.704. The predicted molar refractivity (Wildman–Crippen MR) is 83.7 cm³/mol. The van der Waals surface area contributed by atoms with E-state index in [0.29, 0.717) is 28.8 Å². The van der Waals surface area contributed by atoms with Crippen molar-refractivity contribution in [1.29, 1.82) is 0 Å². The number of amides is 1. The van der Waals surface area contributed by atoms with E-state index in [2.05, 4.69) is 10.1 Å². The van der Waals surface area contributed by atoms with Gasteiger partial charge in [0.1, 0.15) is 12.0 Å². The molecule has 2 aromatic carbocycles. The van der Waals surface area contributed by atoms with Gasteiger partial charge >= 0.3 is 5.97 Å². The lowest BCUT2D eigenvalue weighted by Gasteiger charge is -2.08. The molecule has 2 rings (SSSR count). The first-order valence-electron chi connectivity index (χ1n) is 6.78. The topological polar surface area (TPSA) is 81.7 Å². The molecular weight excluding hydrogens is 298 g/mol. The molecule has 118 valence electrons. The minimum atomic E-state index is -0.443. The first kappa shape index (κ1) is 16.2. The van der Waals surface area contributed by atoms with Crippen molar-refractivity contribution in [3.8, 4) is 5.75 Å². The number of ether oxygens (including phenoxy) is 2. The van der Waals surface area contributed by atoms with Crippen LogP contribution < -0.4 is 10.1 Å². The highest BCUT2D eigenvalue weighted by atomic mass is 16.5. The zero-order chi connectivity index (χ0) is 16.7. The Kier molecular flexibility index (Phi) is 5.46. The Hall–Kier alpha value is -3.15. The van der Waals surface area contributed by atoms with Crippen molar-refractivity contribution in [2.75, 3.05) is 19.0 Å². The van der Waals surface area contributed by atoms with E-state index in [0.717, 1.165) is 0 Å². The molecular formula is C17H15NO5. The Bertz CT molecular complexity index is 709. The minimum absolute atomic E-state index is 0.193. The molecule has 1 amide bonds. The van der Waals surface area contributed by atoms with Crippen LogP contribution in [0, 0.1) is 0 Å². The standard InChI is InChI=1S/C17H15NO5/c1-22-17(21)13-5-7-14(8-6-13)18-16(20)11-23-15-4-2-3-12(9-15)10-19/h2-10H,11H2,1H3,(H,18,20). The monoisotopic (exact) mass is 313 g/mol. The number of benzene rings is 2. The van der Waals surface area contributed by atoms with Gasteiger partial charge in [-0.3, -0.25) is 9.59 Å². The molecule has 1 N–H and O–H groups in total. The first-order valence-corrected chi connectivity index (χ1v) is 6.78. The van der Waals surface area contributed by atoms with Crippen LogP contribution in [0.5, 0.6) is 5.75 Å². The Morgan fingerprint density at radius 1 is 1.13 bits per heavy atom. The molecule has 0 heterocycles. The van der Waals surface area contributed by atoms with Crippen LogP contribution in [0.1, 0.15) is 20.7 Å². The largest absolute Gasteiger partial charge is 0.484 e. The fraction of sp³-hybridized carbons (Fsp3) is 0.118. The van der Waals surface area contributed by atoms with Gasteiger partial charge in [-0.05, 0) is 36.4 Å². The molecule has 0 saturated heterocycles. The summed E-state index contributed by atoms with van der Waals surface area (Å²) >= 11 is 0. The van der Waals surface area contributed by atoms with Crippen molar-refractivity contribution in [3.63, 3.8) is 0 Å². The number of carbonyl (C=O) groups is 3. The fourth-order valence-corrected chi connectivity index (χ4v) is 1.83. The van der Waals surface area contributed by atoms with Gasteiger partial charge in [0.2, 0.25) is 0 Å². The molecule has 2 aromatic rings. The SMILES string of the molecule is COC(=O)c1ccc(NC(=O)COc2cccc(C=O)c2)cc1. The second-order valence-electron chi connectivity index (χ2n) is 4.60. The van der Waals surface area contributed by atoms with Crippen molar-refractivity contribution in [2.45, 2.75) is 0 Å². The number of aldehydes is 1. The second-order valence-corrected chi connectivity index (χ2v) is 4.60. The minimum Gasteiger partial charge on any atom is -0.484 e. The Labute approximate surface area is 133 Å². The van der Waals surface area contributed by atoms with Crippen LogP contribution in [0.25, 0.3) is 0 Å². The number of hydrogen-bond donors (Lipinski definition) is 1. The van der Waals surface area contributed by atoms with E-state index in [1.165, 1.54) is 7.11 Å². The average molecular weight is 313 g/mol. The van der Waals surface area contributed by atoms with Crippen LogP contribution in [0.15, 0.2) is 48.5 Å². The summed E-state index contributed by atoms with van der Waals surface area (Å²) in [5.41, 5.74) is 1.40. The lowest BCUT2D eigenvalue weighted by Crippen LogP contribution is -2.20. The molecule has 6 nitrogen and oxygen atoms in total. The van der Waals surface area contributed by atoms with Crippen molar-refractivity contribution in [3.05, 3.63) is 59.7 Å². The fourth-order valence-electron chi connectivity index (χ4n) is 1.83. The Morgan fingerprint density at radius 3 is 2.52 bits per heavy atom. The van der Waals surface area contributed by atoms with Crippen molar-refractivity contribution in [1.82, 2.24) is 0 Å². The van der Waals surface area contributed by atoms with Gasteiger partial charge in [-0.1, -0.05) is 12.1 Å². The molecule has 0 aliphatic rings. The molecule has 0 radical (unpaired) electrons.